The van der Waals surface area contributed by atoms with Crippen LogP contribution in [0, 0.1) is 6.92 Å². The maximum absolute atomic E-state index is 10.7. The van der Waals surface area contributed by atoms with E-state index < -0.39 is 12.6 Å². The van der Waals surface area contributed by atoms with E-state index >= 15 is 0 Å². The van der Waals surface area contributed by atoms with Crippen molar-refractivity contribution in [2.75, 3.05) is 6.61 Å². The number of hydrogen-bond acceptors (Lipinski definition) is 3. The lowest BCUT2D eigenvalue weighted by atomic mass is 10.1. The van der Waals surface area contributed by atoms with Crippen molar-refractivity contribution in [2.24, 2.45) is 0 Å². The number of halogens is 2. The molecule has 1 N–H and O–H groups in total. The predicted molar refractivity (Wildman–Crippen MR) is 95.1 cm³/mol. The number of carboxylic acid groups (broad SMARTS) is 1. The molecule has 0 saturated heterocycles. The average molecular weight is 367 g/mol. The number of hydrogen-bond donors (Lipinski definition) is 1. The van der Waals surface area contributed by atoms with Crippen molar-refractivity contribution in [1.82, 2.24) is 0 Å². The van der Waals surface area contributed by atoms with Crippen LogP contribution in [0.15, 0.2) is 36.4 Å². The van der Waals surface area contributed by atoms with Gasteiger partial charge in [-0.3, -0.25) is 0 Å². The minimum Gasteiger partial charge on any atom is -0.480 e. The van der Waals surface area contributed by atoms with E-state index in [4.69, 9.17) is 33.0 Å². The third kappa shape index (κ3) is 3.02. The first-order chi connectivity index (χ1) is 11.0. The first-order valence-corrected chi connectivity index (χ1v) is 8.37. The van der Waals surface area contributed by atoms with Gasteiger partial charge in [0.2, 0.25) is 0 Å². The Morgan fingerprint density at radius 3 is 2.57 bits per heavy atom. The van der Waals surface area contributed by atoms with Gasteiger partial charge in [-0.2, -0.15) is 0 Å². The first kappa shape index (κ1) is 16.1. The zero-order valence-electron chi connectivity index (χ0n) is 12.1. The van der Waals surface area contributed by atoms with Crippen LogP contribution < -0.4 is 4.74 Å². The molecule has 118 valence electrons. The molecule has 1 aromatic heterocycles. The second kappa shape index (κ2) is 6.40. The highest BCUT2D eigenvalue weighted by Gasteiger charge is 2.18. The maximum atomic E-state index is 10.7. The Kier molecular flexibility index (Phi) is 4.48. The van der Waals surface area contributed by atoms with Crippen molar-refractivity contribution in [3.63, 3.8) is 0 Å². The summed E-state index contributed by atoms with van der Waals surface area (Å²) in [5, 5.41) is 10.3. The van der Waals surface area contributed by atoms with E-state index in [1.807, 2.05) is 37.3 Å². The number of carbonyl (C=O) groups is 1. The molecule has 3 nitrogen and oxygen atoms in total. The molecule has 3 rings (SSSR count). The predicted octanol–water partition coefficient (Wildman–Crippen LogP) is 5.65. The molecule has 0 aliphatic carbocycles. The average Bonchev–Trinajstić information content (AvgIpc) is 2.87. The van der Waals surface area contributed by atoms with Crippen LogP contribution in [0.2, 0.25) is 10.0 Å². The lowest BCUT2D eigenvalue weighted by Gasteiger charge is -2.08. The van der Waals surface area contributed by atoms with Gasteiger partial charge in [-0.15, -0.1) is 11.3 Å². The van der Waals surface area contributed by atoms with E-state index in [2.05, 4.69) is 0 Å². The minimum absolute atomic E-state index is 0.237. The number of thiophene rings is 1. The molecule has 0 aliphatic heterocycles. The zero-order chi connectivity index (χ0) is 16.6. The van der Waals surface area contributed by atoms with Crippen molar-refractivity contribution in [3.05, 3.63) is 52.0 Å². The fourth-order valence-electron chi connectivity index (χ4n) is 2.37. The van der Waals surface area contributed by atoms with Crippen molar-refractivity contribution >= 4 is 50.6 Å². The van der Waals surface area contributed by atoms with Crippen LogP contribution in [-0.4, -0.2) is 17.7 Å². The third-order valence-corrected chi connectivity index (χ3v) is 5.80. The van der Waals surface area contributed by atoms with Crippen LogP contribution in [-0.2, 0) is 4.79 Å². The SMILES string of the molecule is Cc1c(-c2ccccc2)sc2c(Cl)c(Cl)c(OCC(=O)O)cc12. The summed E-state index contributed by atoms with van der Waals surface area (Å²) in [7, 11) is 0. The number of rotatable bonds is 4. The maximum Gasteiger partial charge on any atom is 0.341 e. The molecule has 0 radical (unpaired) electrons. The van der Waals surface area contributed by atoms with E-state index in [-0.39, 0.29) is 10.8 Å². The van der Waals surface area contributed by atoms with Gasteiger partial charge in [0.05, 0.1) is 9.72 Å². The van der Waals surface area contributed by atoms with Crippen LogP contribution >= 0.6 is 34.5 Å². The molecule has 0 amide bonds. The topological polar surface area (TPSA) is 46.5 Å². The summed E-state index contributed by atoms with van der Waals surface area (Å²) in [6.45, 7) is 1.54. The molecule has 0 unspecified atom stereocenters. The quantitative estimate of drug-likeness (QED) is 0.648. The summed E-state index contributed by atoms with van der Waals surface area (Å²) in [5.74, 6) is -0.781. The van der Waals surface area contributed by atoms with E-state index in [1.165, 1.54) is 0 Å². The van der Waals surface area contributed by atoms with Crippen molar-refractivity contribution < 1.29 is 14.6 Å². The van der Waals surface area contributed by atoms with E-state index in [1.54, 1.807) is 17.4 Å². The van der Waals surface area contributed by atoms with Crippen LogP contribution in [0.4, 0.5) is 0 Å². The monoisotopic (exact) mass is 366 g/mol. The number of ether oxygens (including phenoxy) is 1. The molecular weight excluding hydrogens is 355 g/mol. The molecule has 0 fully saturated rings. The molecular formula is C17H12Cl2O3S. The highest BCUT2D eigenvalue weighted by molar-refractivity contribution is 7.23. The lowest BCUT2D eigenvalue weighted by molar-refractivity contribution is -0.139. The molecule has 0 bridgehead atoms. The number of aryl methyl sites for hydroxylation is 1. The minimum atomic E-state index is -1.07. The molecule has 23 heavy (non-hydrogen) atoms. The van der Waals surface area contributed by atoms with E-state index in [0.717, 1.165) is 26.1 Å². The highest BCUT2D eigenvalue weighted by Crippen LogP contribution is 2.46. The molecule has 6 heteroatoms. The summed E-state index contributed by atoms with van der Waals surface area (Å²) < 4.78 is 6.12. The van der Waals surface area contributed by atoms with Crippen LogP contribution in [0.5, 0.6) is 5.75 Å². The summed E-state index contributed by atoms with van der Waals surface area (Å²) >= 11 is 14.2. The van der Waals surface area contributed by atoms with E-state index in [0.29, 0.717) is 5.02 Å². The highest BCUT2D eigenvalue weighted by atomic mass is 35.5. The molecule has 3 aromatic rings. The number of carboxylic acids is 1. The van der Waals surface area contributed by atoms with Gasteiger partial charge in [0.15, 0.2) is 6.61 Å². The third-order valence-electron chi connectivity index (χ3n) is 3.46. The van der Waals surface area contributed by atoms with Crippen LogP contribution in [0.1, 0.15) is 5.56 Å². The van der Waals surface area contributed by atoms with Crippen LogP contribution in [0.3, 0.4) is 0 Å². The number of benzene rings is 2. The van der Waals surface area contributed by atoms with E-state index in [9.17, 15) is 4.79 Å². The Bertz CT molecular complexity index is 888. The van der Waals surface area contributed by atoms with Crippen molar-refractivity contribution in [3.8, 4) is 16.2 Å². The molecule has 2 aromatic carbocycles. The molecule has 0 spiro atoms. The molecule has 0 atom stereocenters. The van der Waals surface area contributed by atoms with Gasteiger partial charge in [0.1, 0.15) is 10.8 Å². The summed E-state index contributed by atoms with van der Waals surface area (Å²) in [6, 6.07) is 11.8. The van der Waals surface area contributed by atoms with Crippen LogP contribution in [0.25, 0.3) is 20.5 Å². The summed E-state index contributed by atoms with van der Waals surface area (Å²) in [5.41, 5.74) is 2.17. The second-order valence-electron chi connectivity index (χ2n) is 4.98. The Morgan fingerprint density at radius 2 is 1.91 bits per heavy atom. The Hall–Kier alpha value is -1.75. The first-order valence-electron chi connectivity index (χ1n) is 6.80. The molecule has 0 saturated carbocycles. The summed E-state index contributed by atoms with van der Waals surface area (Å²) in [6.07, 6.45) is 0. The lowest BCUT2D eigenvalue weighted by Crippen LogP contribution is -2.09. The second-order valence-corrected chi connectivity index (χ2v) is 6.76. The molecule has 0 aliphatic rings. The standard InChI is InChI=1S/C17H12Cl2O3S/c1-9-11-7-12(22-8-13(20)21)14(18)15(19)17(11)23-16(9)10-5-3-2-4-6-10/h2-7H,8H2,1H3,(H,20,21). The number of fused-ring (bicyclic) bond motifs is 1. The molecule has 1 heterocycles. The van der Waals surface area contributed by atoms with Gasteiger partial charge in [0.25, 0.3) is 0 Å². The zero-order valence-corrected chi connectivity index (χ0v) is 14.4. The van der Waals surface area contributed by atoms with Gasteiger partial charge >= 0.3 is 5.97 Å². The van der Waals surface area contributed by atoms with Gasteiger partial charge in [-0.1, -0.05) is 53.5 Å². The smallest absolute Gasteiger partial charge is 0.341 e. The fraction of sp³-hybridized carbons (Fsp3) is 0.118. The Labute approximate surface area is 147 Å². The summed E-state index contributed by atoms with van der Waals surface area (Å²) in [4.78, 5) is 11.8. The van der Waals surface area contributed by atoms with Gasteiger partial charge in [-0.05, 0) is 24.1 Å². The van der Waals surface area contributed by atoms with Crippen molar-refractivity contribution in [1.29, 1.82) is 0 Å². The Balaban J connectivity index is 2.17. The normalized spacial score (nSPS) is 10.9. The van der Waals surface area contributed by atoms with Gasteiger partial charge in [0, 0.05) is 10.3 Å². The largest absolute Gasteiger partial charge is 0.480 e. The fourth-order valence-corrected chi connectivity index (χ4v) is 4.18. The van der Waals surface area contributed by atoms with Gasteiger partial charge in [-0.25, -0.2) is 4.79 Å². The Morgan fingerprint density at radius 1 is 1.22 bits per heavy atom. The van der Waals surface area contributed by atoms with Gasteiger partial charge < -0.3 is 9.84 Å². The number of aliphatic carboxylic acids is 1. The van der Waals surface area contributed by atoms with Crippen molar-refractivity contribution in [2.45, 2.75) is 6.92 Å².